The largest absolute Gasteiger partial charge is 0.497 e. The van der Waals surface area contributed by atoms with Crippen molar-refractivity contribution in [2.24, 2.45) is 0 Å². The van der Waals surface area contributed by atoms with E-state index in [4.69, 9.17) is 16.3 Å². The Hall–Kier alpha value is -2.09. The number of anilines is 1. The number of para-hydroxylation sites is 1. The van der Waals surface area contributed by atoms with E-state index in [0.717, 1.165) is 0 Å². The minimum absolute atomic E-state index is 0.0423. The molecule has 1 amide bonds. The lowest BCUT2D eigenvalue weighted by Crippen LogP contribution is -2.41. The molecule has 0 aliphatic heterocycles. The van der Waals surface area contributed by atoms with Gasteiger partial charge in [-0.15, -0.1) is 0 Å². The summed E-state index contributed by atoms with van der Waals surface area (Å²) in [6, 6.07) is 11.6. The Bertz CT molecular complexity index is 822. The van der Waals surface area contributed by atoms with Crippen LogP contribution in [0.15, 0.2) is 53.4 Å². The van der Waals surface area contributed by atoms with Gasteiger partial charge < -0.3 is 10.1 Å². The van der Waals surface area contributed by atoms with Crippen LogP contribution >= 0.6 is 11.6 Å². The number of benzene rings is 2. The summed E-state index contributed by atoms with van der Waals surface area (Å²) in [5.74, 6) is 0.0265. The Morgan fingerprint density at radius 3 is 2.33 bits per heavy atom. The van der Waals surface area contributed by atoms with Crippen LogP contribution in [-0.2, 0) is 14.8 Å². The van der Waals surface area contributed by atoms with Crippen LogP contribution in [0.1, 0.15) is 6.92 Å². The van der Waals surface area contributed by atoms with Crippen molar-refractivity contribution in [3.05, 3.63) is 53.6 Å². The number of nitrogens with one attached hydrogen (secondary N) is 2. The minimum Gasteiger partial charge on any atom is -0.497 e. The maximum absolute atomic E-state index is 12.3. The van der Waals surface area contributed by atoms with Crippen LogP contribution in [0.5, 0.6) is 5.75 Å². The summed E-state index contributed by atoms with van der Waals surface area (Å²) in [7, 11) is -2.34. The summed E-state index contributed by atoms with van der Waals surface area (Å²) in [4.78, 5) is 12.2. The fourth-order valence-corrected chi connectivity index (χ4v) is 3.30. The summed E-state index contributed by atoms with van der Waals surface area (Å²) < 4.78 is 31.9. The number of carbonyl (C=O) groups is 1. The smallest absolute Gasteiger partial charge is 0.242 e. The molecule has 6 nitrogen and oxygen atoms in total. The van der Waals surface area contributed by atoms with Crippen LogP contribution in [0.25, 0.3) is 0 Å². The molecular weight excluding hydrogens is 352 g/mol. The molecule has 8 heteroatoms. The SMILES string of the molecule is COc1ccc(S(=O)(=O)N[C@@H](C)C(=O)Nc2ccccc2Cl)cc1. The molecule has 0 heterocycles. The van der Waals surface area contributed by atoms with Crippen molar-refractivity contribution in [2.45, 2.75) is 17.9 Å². The second-order valence-electron chi connectivity index (χ2n) is 4.99. The highest BCUT2D eigenvalue weighted by Crippen LogP contribution is 2.21. The van der Waals surface area contributed by atoms with Crippen LogP contribution < -0.4 is 14.8 Å². The number of hydrogen-bond acceptors (Lipinski definition) is 4. The van der Waals surface area contributed by atoms with Crippen LogP contribution in [0.4, 0.5) is 5.69 Å². The lowest BCUT2D eigenvalue weighted by Gasteiger charge is -2.15. The van der Waals surface area contributed by atoms with E-state index in [0.29, 0.717) is 16.5 Å². The molecule has 0 spiro atoms. The summed E-state index contributed by atoms with van der Waals surface area (Å²) in [5.41, 5.74) is 0.416. The van der Waals surface area contributed by atoms with Gasteiger partial charge in [-0.25, -0.2) is 8.42 Å². The quantitative estimate of drug-likeness (QED) is 0.820. The van der Waals surface area contributed by atoms with Gasteiger partial charge in [0.15, 0.2) is 0 Å². The molecule has 0 aliphatic rings. The highest BCUT2D eigenvalue weighted by molar-refractivity contribution is 7.89. The topological polar surface area (TPSA) is 84.5 Å². The van der Waals surface area contributed by atoms with Crippen LogP contribution in [0.3, 0.4) is 0 Å². The summed E-state index contributed by atoms with van der Waals surface area (Å²) >= 11 is 5.97. The first-order chi connectivity index (χ1) is 11.3. The Kier molecular flexibility index (Phi) is 5.82. The molecule has 2 rings (SSSR count). The fourth-order valence-electron chi connectivity index (χ4n) is 1.91. The normalized spacial score (nSPS) is 12.5. The first kappa shape index (κ1) is 18.3. The van der Waals surface area contributed by atoms with Gasteiger partial charge >= 0.3 is 0 Å². The average Bonchev–Trinajstić information content (AvgIpc) is 2.56. The third-order valence-electron chi connectivity index (χ3n) is 3.23. The molecule has 0 bridgehead atoms. The molecule has 128 valence electrons. The van der Waals surface area contributed by atoms with Gasteiger partial charge in [0.1, 0.15) is 5.75 Å². The maximum Gasteiger partial charge on any atom is 0.242 e. The Balaban J connectivity index is 2.08. The van der Waals surface area contributed by atoms with E-state index in [9.17, 15) is 13.2 Å². The van der Waals surface area contributed by atoms with E-state index < -0.39 is 22.0 Å². The zero-order valence-corrected chi connectivity index (χ0v) is 14.7. The van der Waals surface area contributed by atoms with Gasteiger partial charge in [0.05, 0.1) is 28.8 Å². The Morgan fingerprint density at radius 1 is 1.12 bits per heavy atom. The zero-order chi connectivity index (χ0) is 17.7. The first-order valence-corrected chi connectivity index (χ1v) is 8.91. The fraction of sp³-hybridized carbons (Fsp3) is 0.188. The van der Waals surface area contributed by atoms with Gasteiger partial charge in [0.25, 0.3) is 0 Å². The number of ether oxygens (including phenoxy) is 1. The summed E-state index contributed by atoms with van der Waals surface area (Å²) in [5, 5.41) is 2.96. The number of hydrogen-bond donors (Lipinski definition) is 2. The van der Waals surface area contributed by atoms with E-state index >= 15 is 0 Å². The summed E-state index contributed by atoms with van der Waals surface area (Å²) in [6.45, 7) is 1.45. The van der Waals surface area contributed by atoms with Crippen molar-refractivity contribution < 1.29 is 17.9 Å². The van der Waals surface area contributed by atoms with Crippen molar-refractivity contribution in [3.63, 3.8) is 0 Å². The van der Waals surface area contributed by atoms with Gasteiger partial charge in [-0.05, 0) is 43.3 Å². The van der Waals surface area contributed by atoms with Crippen LogP contribution in [-0.4, -0.2) is 27.5 Å². The molecule has 2 aromatic carbocycles. The third-order valence-corrected chi connectivity index (χ3v) is 5.11. The van der Waals surface area contributed by atoms with Gasteiger partial charge in [0.2, 0.25) is 15.9 Å². The van der Waals surface area contributed by atoms with E-state index in [1.54, 1.807) is 24.3 Å². The van der Waals surface area contributed by atoms with Crippen molar-refractivity contribution >= 4 is 33.2 Å². The van der Waals surface area contributed by atoms with Crippen molar-refractivity contribution in [2.75, 3.05) is 12.4 Å². The van der Waals surface area contributed by atoms with Crippen molar-refractivity contribution in [1.29, 1.82) is 0 Å². The number of methoxy groups -OCH3 is 1. The molecule has 0 radical (unpaired) electrons. The molecule has 0 saturated heterocycles. The number of halogens is 1. The van der Waals surface area contributed by atoms with E-state index in [-0.39, 0.29) is 4.90 Å². The minimum atomic E-state index is -3.83. The highest BCUT2D eigenvalue weighted by Gasteiger charge is 2.22. The van der Waals surface area contributed by atoms with Crippen molar-refractivity contribution in [1.82, 2.24) is 4.72 Å². The Labute approximate surface area is 145 Å². The molecule has 1 atom stereocenters. The standard InChI is InChI=1S/C16H17ClN2O4S/c1-11(16(20)18-15-6-4-3-5-14(15)17)19-24(21,22)13-9-7-12(23-2)8-10-13/h3-11,19H,1-2H3,(H,18,20)/t11-/m0/s1. The van der Waals surface area contributed by atoms with Gasteiger partial charge in [0, 0.05) is 0 Å². The number of carbonyl (C=O) groups excluding carboxylic acids is 1. The number of sulfonamides is 1. The lowest BCUT2D eigenvalue weighted by molar-refractivity contribution is -0.117. The predicted octanol–water partition coefficient (Wildman–Crippen LogP) is 2.65. The highest BCUT2D eigenvalue weighted by atomic mass is 35.5. The zero-order valence-electron chi connectivity index (χ0n) is 13.1. The average molecular weight is 369 g/mol. The molecule has 0 aliphatic carbocycles. The molecule has 2 N–H and O–H groups in total. The lowest BCUT2D eigenvalue weighted by atomic mass is 10.3. The summed E-state index contributed by atoms with van der Waals surface area (Å²) in [6.07, 6.45) is 0. The van der Waals surface area contributed by atoms with Crippen LogP contribution in [0, 0.1) is 0 Å². The molecule has 24 heavy (non-hydrogen) atoms. The molecule has 2 aromatic rings. The third kappa shape index (κ3) is 4.47. The molecule has 0 saturated carbocycles. The number of rotatable bonds is 6. The van der Waals surface area contributed by atoms with Gasteiger partial charge in [-0.1, -0.05) is 23.7 Å². The number of amides is 1. The Morgan fingerprint density at radius 2 is 1.75 bits per heavy atom. The second kappa shape index (κ2) is 7.65. The molecule has 0 fully saturated rings. The molecular formula is C16H17ClN2O4S. The van der Waals surface area contributed by atoms with Gasteiger partial charge in [-0.3, -0.25) is 4.79 Å². The first-order valence-electron chi connectivity index (χ1n) is 7.05. The molecule has 0 unspecified atom stereocenters. The monoisotopic (exact) mass is 368 g/mol. The van der Waals surface area contributed by atoms with Gasteiger partial charge in [-0.2, -0.15) is 4.72 Å². The molecule has 0 aromatic heterocycles. The second-order valence-corrected chi connectivity index (χ2v) is 7.11. The van der Waals surface area contributed by atoms with E-state index in [2.05, 4.69) is 10.0 Å². The van der Waals surface area contributed by atoms with Crippen LogP contribution in [0.2, 0.25) is 5.02 Å². The van der Waals surface area contributed by atoms with E-state index in [1.807, 2.05) is 0 Å². The predicted molar refractivity (Wildman–Crippen MR) is 92.9 cm³/mol. The maximum atomic E-state index is 12.3. The van der Waals surface area contributed by atoms with Crippen molar-refractivity contribution in [3.8, 4) is 5.75 Å². The van der Waals surface area contributed by atoms with E-state index in [1.165, 1.54) is 38.3 Å².